The number of rotatable bonds is 5. The van der Waals surface area contributed by atoms with E-state index in [1.54, 1.807) is 12.1 Å². The molecule has 0 radical (unpaired) electrons. The van der Waals surface area contributed by atoms with Crippen molar-refractivity contribution in [2.75, 3.05) is 11.9 Å². The molecule has 1 saturated carbocycles. The SMILES string of the molecule is Cc1cc(Nc2ccc(OCC3CCCCC3)cc2)c2cc(O)ccc2n1. The van der Waals surface area contributed by atoms with Crippen molar-refractivity contribution in [2.45, 2.75) is 39.0 Å². The van der Waals surface area contributed by atoms with Crippen molar-refractivity contribution in [1.29, 1.82) is 0 Å². The van der Waals surface area contributed by atoms with Crippen molar-refractivity contribution in [3.63, 3.8) is 0 Å². The Kier molecular flexibility index (Phi) is 5.14. The summed E-state index contributed by atoms with van der Waals surface area (Å²) in [5.41, 5.74) is 3.71. The number of ether oxygens (including phenoxy) is 1. The Bertz CT molecular complexity index is 916. The number of anilines is 2. The smallest absolute Gasteiger partial charge is 0.119 e. The molecule has 2 aromatic carbocycles. The number of fused-ring (bicyclic) bond motifs is 1. The molecule has 1 aliphatic carbocycles. The summed E-state index contributed by atoms with van der Waals surface area (Å²) in [5.74, 6) is 1.86. The number of benzene rings is 2. The van der Waals surface area contributed by atoms with Crippen LogP contribution < -0.4 is 10.1 Å². The molecule has 0 aliphatic heterocycles. The van der Waals surface area contributed by atoms with E-state index in [0.29, 0.717) is 5.92 Å². The van der Waals surface area contributed by atoms with Gasteiger partial charge in [-0.05, 0) is 74.2 Å². The normalized spacial score (nSPS) is 15.0. The molecule has 0 amide bonds. The van der Waals surface area contributed by atoms with E-state index in [-0.39, 0.29) is 5.75 Å². The zero-order chi connectivity index (χ0) is 18.6. The van der Waals surface area contributed by atoms with Gasteiger partial charge in [0.1, 0.15) is 11.5 Å². The van der Waals surface area contributed by atoms with Gasteiger partial charge in [-0.1, -0.05) is 19.3 Å². The molecule has 0 bridgehead atoms. The molecule has 4 nitrogen and oxygen atoms in total. The van der Waals surface area contributed by atoms with Gasteiger partial charge in [-0.15, -0.1) is 0 Å². The second-order valence-corrected chi connectivity index (χ2v) is 7.48. The molecule has 1 aliphatic rings. The lowest BCUT2D eigenvalue weighted by atomic mass is 9.90. The first kappa shape index (κ1) is 17.7. The maximum Gasteiger partial charge on any atom is 0.119 e. The highest BCUT2D eigenvalue weighted by Gasteiger charge is 2.14. The second-order valence-electron chi connectivity index (χ2n) is 7.48. The fourth-order valence-corrected chi connectivity index (χ4v) is 3.81. The molecule has 0 saturated heterocycles. The number of phenols is 1. The number of aromatic hydroxyl groups is 1. The van der Waals surface area contributed by atoms with Gasteiger partial charge in [-0.3, -0.25) is 4.98 Å². The summed E-state index contributed by atoms with van der Waals surface area (Å²) < 4.78 is 5.98. The molecule has 1 heterocycles. The van der Waals surface area contributed by atoms with Crippen molar-refractivity contribution >= 4 is 22.3 Å². The third kappa shape index (κ3) is 4.33. The van der Waals surface area contributed by atoms with Crippen LogP contribution in [-0.2, 0) is 0 Å². The molecular formula is C23H26N2O2. The minimum Gasteiger partial charge on any atom is -0.508 e. The summed E-state index contributed by atoms with van der Waals surface area (Å²) in [6.45, 7) is 2.79. The fourth-order valence-electron chi connectivity index (χ4n) is 3.81. The summed E-state index contributed by atoms with van der Waals surface area (Å²) in [6, 6.07) is 15.3. The van der Waals surface area contributed by atoms with E-state index in [1.165, 1.54) is 32.1 Å². The number of pyridine rings is 1. The average molecular weight is 362 g/mol. The van der Waals surface area contributed by atoms with Crippen LogP contribution in [0.25, 0.3) is 10.9 Å². The molecule has 0 spiro atoms. The summed E-state index contributed by atoms with van der Waals surface area (Å²) in [7, 11) is 0. The minimum absolute atomic E-state index is 0.239. The average Bonchev–Trinajstić information content (AvgIpc) is 2.69. The Labute approximate surface area is 160 Å². The topological polar surface area (TPSA) is 54.4 Å². The molecule has 1 aromatic heterocycles. The third-order valence-corrected chi connectivity index (χ3v) is 5.26. The number of nitrogens with zero attached hydrogens (tertiary/aromatic N) is 1. The molecule has 1 fully saturated rings. The van der Waals surface area contributed by atoms with Crippen LogP contribution in [-0.4, -0.2) is 16.7 Å². The Morgan fingerprint density at radius 3 is 2.59 bits per heavy atom. The Morgan fingerprint density at radius 1 is 1.04 bits per heavy atom. The van der Waals surface area contributed by atoms with Gasteiger partial charge in [0, 0.05) is 22.5 Å². The van der Waals surface area contributed by atoms with E-state index in [9.17, 15) is 5.11 Å². The van der Waals surface area contributed by atoms with Gasteiger partial charge >= 0.3 is 0 Å². The van der Waals surface area contributed by atoms with Crippen LogP contribution in [0.2, 0.25) is 0 Å². The van der Waals surface area contributed by atoms with Crippen molar-refractivity contribution in [2.24, 2.45) is 5.92 Å². The van der Waals surface area contributed by atoms with Gasteiger partial charge in [0.15, 0.2) is 0 Å². The lowest BCUT2D eigenvalue weighted by Crippen LogP contribution is -2.15. The Balaban J connectivity index is 1.47. The van der Waals surface area contributed by atoms with E-state index >= 15 is 0 Å². The number of nitrogens with one attached hydrogen (secondary N) is 1. The highest BCUT2D eigenvalue weighted by atomic mass is 16.5. The van der Waals surface area contributed by atoms with Crippen molar-refractivity contribution in [1.82, 2.24) is 4.98 Å². The molecule has 4 rings (SSSR count). The maximum atomic E-state index is 9.82. The first-order valence-corrected chi connectivity index (χ1v) is 9.78. The molecule has 4 heteroatoms. The summed E-state index contributed by atoms with van der Waals surface area (Å²) >= 11 is 0. The monoisotopic (exact) mass is 362 g/mol. The molecule has 3 aromatic rings. The zero-order valence-corrected chi connectivity index (χ0v) is 15.7. The van der Waals surface area contributed by atoms with Crippen LogP contribution >= 0.6 is 0 Å². The number of aromatic nitrogens is 1. The van der Waals surface area contributed by atoms with Crippen LogP contribution in [0.1, 0.15) is 37.8 Å². The molecular weight excluding hydrogens is 336 g/mol. The van der Waals surface area contributed by atoms with Crippen LogP contribution in [0.15, 0.2) is 48.5 Å². The number of aryl methyl sites for hydroxylation is 1. The Hall–Kier alpha value is -2.75. The summed E-state index contributed by atoms with van der Waals surface area (Å²) in [6.07, 6.45) is 6.64. The first-order valence-electron chi connectivity index (χ1n) is 9.78. The number of hydrogen-bond donors (Lipinski definition) is 2. The third-order valence-electron chi connectivity index (χ3n) is 5.26. The summed E-state index contributed by atoms with van der Waals surface area (Å²) in [4.78, 5) is 4.53. The van der Waals surface area contributed by atoms with Gasteiger partial charge < -0.3 is 15.2 Å². The van der Waals surface area contributed by atoms with Crippen LogP contribution in [0.3, 0.4) is 0 Å². The highest BCUT2D eigenvalue weighted by molar-refractivity contribution is 5.94. The van der Waals surface area contributed by atoms with E-state index in [1.807, 2.05) is 43.3 Å². The van der Waals surface area contributed by atoms with Gasteiger partial charge in [-0.2, -0.15) is 0 Å². The van der Waals surface area contributed by atoms with Crippen LogP contribution in [0.5, 0.6) is 11.5 Å². The van der Waals surface area contributed by atoms with Crippen LogP contribution in [0.4, 0.5) is 11.4 Å². The molecule has 2 N–H and O–H groups in total. The molecule has 0 unspecified atom stereocenters. The van der Waals surface area contributed by atoms with Crippen molar-refractivity contribution < 1.29 is 9.84 Å². The largest absolute Gasteiger partial charge is 0.508 e. The number of hydrogen-bond acceptors (Lipinski definition) is 4. The highest BCUT2D eigenvalue weighted by Crippen LogP contribution is 2.30. The van der Waals surface area contributed by atoms with E-state index in [2.05, 4.69) is 10.3 Å². The molecule has 27 heavy (non-hydrogen) atoms. The maximum absolute atomic E-state index is 9.82. The summed E-state index contributed by atoms with van der Waals surface area (Å²) in [5, 5.41) is 14.2. The van der Waals surface area contributed by atoms with E-state index in [0.717, 1.165) is 40.3 Å². The van der Waals surface area contributed by atoms with Gasteiger partial charge in [0.05, 0.1) is 12.1 Å². The Morgan fingerprint density at radius 2 is 1.81 bits per heavy atom. The van der Waals surface area contributed by atoms with Crippen molar-refractivity contribution in [3.8, 4) is 11.5 Å². The van der Waals surface area contributed by atoms with E-state index < -0.39 is 0 Å². The van der Waals surface area contributed by atoms with Gasteiger partial charge in [0.2, 0.25) is 0 Å². The quantitative estimate of drug-likeness (QED) is 0.589. The van der Waals surface area contributed by atoms with Gasteiger partial charge in [-0.25, -0.2) is 0 Å². The molecule has 0 atom stereocenters. The number of phenolic OH excluding ortho intramolecular Hbond substituents is 1. The van der Waals surface area contributed by atoms with Crippen LogP contribution in [0, 0.1) is 12.8 Å². The fraction of sp³-hybridized carbons (Fsp3) is 0.348. The van der Waals surface area contributed by atoms with E-state index in [4.69, 9.17) is 4.74 Å². The first-order chi connectivity index (χ1) is 13.2. The zero-order valence-electron chi connectivity index (χ0n) is 15.7. The van der Waals surface area contributed by atoms with Crippen molar-refractivity contribution in [3.05, 3.63) is 54.2 Å². The minimum atomic E-state index is 0.239. The lowest BCUT2D eigenvalue weighted by molar-refractivity contribution is 0.209. The predicted octanol–water partition coefficient (Wildman–Crippen LogP) is 5.95. The lowest BCUT2D eigenvalue weighted by Gasteiger charge is -2.21. The predicted molar refractivity (Wildman–Crippen MR) is 110 cm³/mol. The standard InChI is InChI=1S/C23H26N2O2/c1-16-13-23(21-14-19(26)9-12-22(21)24-16)25-18-7-10-20(11-8-18)27-15-17-5-3-2-4-6-17/h7-14,17,26H,2-6,15H2,1H3,(H,24,25). The second kappa shape index (κ2) is 7.87. The molecule has 140 valence electrons. The van der Waals surface area contributed by atoms with Gasteiger partial charge in [0.25, 0.3) is 0 Å².